The third kappa shape index (κ3) is 4.76. The molecular formula is C22H36N4O2. The number of amides is 2. The van der Waals surface area contributed by atoms with E-state index in [-0.39, 0.29) is 11.3 Å². The third-order valence-electron chi connectivity index (χ3n) is 6.67. The van der Waals surface area contributed by atoms with E-state index in [9.17, 15) is 9.59 Å². The molecule has 1 atom stereocenters. The van der Waals surface area contributed by atoms with E-state index >= 15 is 0 Å². The lowest BCUT2D eigenvalue weighted by molar-refractivity contribution is -0.143. The van der Waals surface area contributed by atoms with Crippen molar-refractivity contribution in [1.29, 1.82) is 0 Å². The summed E-state index contributed by atoms with van der Waals surface area (Å²) < 4.78 is 0. The second kappa shape index (κ2) is 8.66. The molecule has 3 heterocycles. The first-order valence-corrected chi connectivity index (χ1v) is 10.9. The van der Waals surface area contributed by atoms with E-state index in [1.165, 1.54) is 0 Å². The largest absolute Gasteiger partial charge is 0.342 e. The van der Waals surface area contributed by atoms with Crippen LogP contribution in [0.4, 0.5) is 0 Å². The fourth-order valence-electron chi connectivity index (χ4n) is 4.64. The molecule has 0 aliphatic carbocycles. The minimum atomic E-state index is 0.0949. The van der Waals surface area contributed by atoms with E-state index in [4.69, 9.17) is 0 Å². The first-order valence-electron chi connectivity index (χ1n) is 10.9. The van der Waals surface area contributed by atoms with Crippen molar-refractivity contribution in [3.8, 4) is 0 Å². The van der Waals surface area contributed by atoms with Crippen LogP contribution in [0.5, 0.6) is 0 Å². The van der Waals surface area contributed by atoms with Gasteiger partial charge in [-0.1, -0.05) is 13.8 Å². The van der Waals surface area contributed by atoms with Gasteiger partial charge < -0.3 is 9.80 Å². The lowest BCUT2D eigenvalue weighted by Gasteiger charge is -2.48. The van der Waals surface area contributed by atoms with Crippen LogP contribution in [0, 0.1) is 25.2 Å². The standard InChI is InChI=1S/C22H36N4O2/c1-16(2)9-13-26-15-22(11-8-21(26)28)10-5-12-25(14-22)20(27)7-6-19-17(3)18(4)23-24-19/h16H,5-15H2,1-4H3,(H,23,24). The van der Waals surface area contributed by atoms with Gasteiger partial charge >= 0.3 is 0 Å². The van der Waals surface area contributed by atoms with Crippen LogP contribution < -0.4 is 0 Å². The number of aromatic amines is 1. The molecule has 6 nitrogen and oxygen atoms in total. The van der Waals surface area contributed by atoms with Gasteiger partial charge in [0.05, 0.1) is 5.69 Å². The molecule has 1 N–H and O–H groups in total. The topological polar surface area (TPSA) is 69.3 Å². The molecule has 2 saturated heterocycles. The first-order chi connectivity index (χ1) is 13.3. The first kappa shape index (κ1) is 20.9. The fourth-order valence-corrected chi connectivity index (χ4v) is 4.64. The summed E-state index contributed by atoms with van der Waals surface area (Å²) in [5, 5.41) is 7.33. The SMILES string of the molecule is Cc1[nH]nc(CCC(=O)N2CCCC3(CCC(=O)N(CCC(C)C)C3)C2)c1C. The van der Waals surface area contributed by atoms with Crippen molar-refractivity contribution in [1.82, 2.24) is 20.0 Å². The summed E-state index contributed by atoms with van der Waals surface area (Å²) in [5.74, 6) is 1.12. The van der Waals surface area contributed by atoms with Gasteiger partial charge in [0, 0.05) is 56.6 Å². The minimum absolute atomic E-state index is 0.0949. The van der Waals surface area contributed by atoms with Crippen molar-refractivity contribution in [2.24, 2.45) is 11.3 Å². The van der Waals surface area contributed by atoms with E-state index in [2.05, 4.69) is 40.8 Å². The zero-order valence-corrected chi connectivity index (χ0v) is 18.0. The Morgan fingerprint density at radius 3 is 2.71 bits per heavy atom. The average Bonchev–Trinajstić information content (AvgIpc) is 2.99. The summed E-state index contributed by atoms with van der Waals surface area (Å²) in [6.07, 6.45) is 5.97. The molecule has 0 aromatic carbocycles. The number of aromatic nitrogens is 2. The number of rotatable bonds is 6. The summed E-state index contributed by atoms with van der Waals surface area (Å²) >= 11 is 0. The van der Waals surface area contributed by atoms with E-state index < -0.39 is 0 Å². The molecule has 156 valence electrons. The van der Waals surface area contributed by atoms with Gasteiger partial charge in [-0.05, 0) is 51.0 Å². The number of nitrogens with one attached hydrogen (secondary N) is 1. The van der Waals surface area contributed by atoms with Gasteiger partial charge in [-0.2, -0.15) is 5.10 Å². The Kier molecular flexibility index (Phi) is 6.46. The molecule has 1 aromatic rings. The predicted molar refractivity (Wildman–Crippen MR) is 110 cm³/mol. The Morgan fingerprint density at radius 2 is 2.04 bits per heavy atom. The Balaban J connectivity index is 1.58. The minimum Gasteiger partial charge on any atom is -0.342 e. The summed E-state index contributed by atoms with van der Waals surface area (Å²) in [4.78, 5) is 29.4. The maximum Gasteiger partial charge on any atom is 0.222 e. The van der Waals surface area contributed by atoms with E-state index in [0.29, 0.717) is 31.1 Å². The monoisotopic (exact) mass is 388 g/mol. The van der Waals surface area contributed by atoms with Gasteiger partial charge in [0.25, 0.3) is 0 Å². The lowest BCUT2D eigenvalue weighted by Crippen LogP contribution is -2.55. The van der Waals surface area contributed by atoms with Crippen LogP contribution in [0.15, 0.2) is 0 Å². The van der Waals surface area contributed by atoms with Gasteiger partial charge in [-0.15, -0.1) is 0 Å². The third-order valence-corrected chi connectivity index (χ3v) is 6.67. The van der Waals surface area contributed by atoms with Crippen LogP contribution >= 0.6 is 0 Å². The van der Waals surface area contributed by atoms with Crippen molar-refractivity contribution in [2.75, 3.05) is 26.2 Å². The van der Waals surface area contributed by atoms with Gasteiger partial charge in [0.1, 0.15) is 0 Å². The highest BCUT2D eigenvalue weighted by Gasteiger charge is 2.42. The Morgan fingerprint density at radius 1 is 1.25 bits per heavy atom. The summed E-state index contributed by atoms with van der Waals surface area (Å²) in [5.41, 5.74) is 3.33. The second-order valence-electron chi connectivity index (χ2n) is 9.34. The Bertz CT molecular complexity index is 711. The molecule has 2 aliphatic heterocycles. The molecule has 6 heteroatoms. The average molecular weight is 389 g/mol. The Hall–Kier alpha value is -1.85. The lowest BCUT2D eigenvalue weighted by atomic mass is 9.73. The molecule has 1 aromatic heterocycles. The smallest absolute Gasteiger partial charge is 0.222 e. The molecule has 2 fully saturated rings. The van der Waals surface area contributed by atoms with Crippen LogP contribution in [0.1, 0.15) is 69.3 Å². The van der Waals surface area contributed by atoms with Crippen LogP contribution in [0.2, 0.25) is 0 Å². The Labute approximate surface area is 169 Å². The maximum atomic E-state index is 12.9. The van der Waals surface area contributed by atoms with Crippen molar-refractivity contribution in [3.63, 3.8) is 0 Å². The van der Waals surface area contributed by atoms with E-state index in [1.54, 1.807) is 0 Å². The van der Waals surface area contributed by atoms with Crippen LogP contribution in [0.25, 0.3) is 0 Å². The van der Waals surface area contributed by atoms with Crippen molar-refractivity contribution in [2.45, 2.75) is 72.6 Å². The molecular weight excluding hydrogens is 352 g/mol. The van der Waals surface area contributed by atoms with Crippen LogP contribution in [-0.4, -0.2) is 58.0 Å². The molecule has 1 spiro atoms. The zero-order chi connectivity index (χ0) is 20.3. The molecule has 2 amide bonds. The van der Waals surface area contributed by atoms with Crippen molar-refractivity contribution in [3.05, 3.63) is 17.0 Å². The number of H-pyrrole nitrogens is 1. The maximum absolute atomic E-state index is 12.9. The number of nitrogens with zero attached hydrogens (tertiary/aromatic N) is 3. The number of carbonyl (C=O) groups excluding carboxylic acids is 2. The van der Waals surface area contributed by atoms with Gasteiger partial charge in [0.2, 0.25) is 11.8 Å². The highest BCUT2D eigenvalue weighted by molar-refractivity contribution is 5.78. The van der Waals surface area contributed by atoms with Crippen molar-refractivity contribution >= 4 is 11.8 Å². The molecule has 0 radical (unpaired) electrons. The van der Waals surface area contributed by atoms with Crippen LogP contribution in [0.3, 0.4) is 0 Å². The molecule has 1 unspecified atom stereocenters. The molecule has 28 heavy (non-hydrogen) atoms. The van der Waals surface area contributed by atoms with Gasteiger partial charge in [-0.3, -0.25) is 14.7 Å². The fraction of sp³-hybridized carbons (Fsp3) is 0.773. The molecule has 0 bridgehead atoms. The zero-order valence-electron chi connectivity index (χ0n) is 18.0. The number of piperidine rings is 2. The number of hydrogen-bond donors (Lipinski definition) is 1. The van der Waals surface area contributed by atoms with Crippen LogP contribution in [-0.2, 0) is 16.0 Å². The summed E-state index contributed by atoms with van der Waals surface area (Å²) in [7, 11) is 0. The van der Waals surface area contributed by atoms with E-state index in [0.717, 1.165) is 68.8 Å². The normalized spacial score (nSPS) is 23.1. The highest BCUT2D eigenvalue weighted by atomic mass is 16.2. The number of carbonyl (C=O) groups is 2. The number of hydrogen-bond acceptors (Lipinski definition) is 3. The molecule has 0 saturated carbocycles. The van der Waals surface area contributed by atoms with Crippen molar-refractivity contribution < 1.29 is 9.59 Å². The predicted octanol–water partition coefficient (Wildman–Crippen LogP) is 3.24. The second-order valence-corrected chi connectivity index (χ2v) is 9.34. The van der Waals surface area contributed by atoms with Gasteiger partial charge in [0.15, 0.2) is 0 Å². The molecule has 3 rings (SSSR count). The summed E-state index contributed by atoms with van der Waals surface area (Å²) in [6, 6.07) is 0. The highest BCUT2D eigenvalue weighted by Crippen LogP contribution is 2.39. The number of aryl methyl sites for hydroxylation is 2. The quantitative estimate of drug-likeness (QED) is 0.813. The van der Waals surface area contributed by atoms with Gasteiger partial charge in [-0.25, -0.2) is 0 Å². The molecule has 2 aliphatic rings. The van der Waals surface area contributed by atoms with E-state index in [1.807, 2.05) is 6.92 Å². The summed E-state index contributed by atoms with van der Waals surface area (Å²) in [6.45, 7) is 11.8. The number of likely N-dealkylation sites (tertiary alicyclic amines) is 2.